The number of amides is 2. The molecule has 0 bridgehead atoms. The highest BCUT2D eigenvalue weighted by atomic mass is 33.1. The zero-order chi connectivity index (χ0) is 19.5. The van der Waals surface area contributed by atoms with Crippen molar-refractivity contribution in [3.05, 3.63) is 0 Å². The van der Waals surface area contributed by atoms with Gasteiger partial charge in [-0.1, -0.05) is 21.6 Å². The van der Waals surface area contributed by atoms with Gasteiger partial charge < -0.3 is 20.1 Å². The van der Waals surface area contributed by atoms with Crippen LogP contribution in [0.4, 0.5) is 9.59 Å². The minimum atomic E-state index is -0.452. The fraction of sp³-hybridized carbons (Fsp3) is 0.889. The Morgan fingerprint density at radius 1 is 0.731 bits per heavy atom. The minimum absolute atomic E-state index is 0.228. The smallest absolute Gasteiger partial charge is 0.407 e. The average Bonchev–Trinajstić information content (AvgIpc) is 2.32. The lowest BCUT2D eigenvalue weighted by Gasteiger charge is -2.39. The van der Waals surface area contributed by atoms with Crippen LogP contribution >= 0.6 is 21.6 Å². The molecule has 6 nitrogen and oxygen atoms in total. The molecule has 0 heterocycles. The largest absolute Gasteiger partial charge is 0.444 e. The Hall–Kier alpha value is -0.760. The van der Waals surface area contributed by atoms with Crippen LogP contribution < -0.4 is 10.6 Å². The predicted molar refractivity (Wildman–Crippen MR) is 108 cm³/mol. The molecule has 0 aromatic heterocycles. The van der Waals surface area contributed by atoms with Crippen LogP contribution in [-0.4, -0.2) is 46.0 Å². The Bertz CT molecular complexity index is 458. The summed E-state index contributed by atoms with van der Waals surface area (Å²) in [7, 11) is 3.81. The van der Waals surface area contributed by atoms with Gasteiger partial charge in [-0.25, -0.2) is 9.59 Å². The van der Waals surface area contributed by atoms with Crippen LogP contribution in [0.1, 0.15) is 67.2 Å². The molecule has 2 fully saturated rings. The van der Waals surface area contributed by atoms with E-state index in [1.165, 1.54) is 0 Å². The van der Waals surface area contributed by atoms with Gasteiger partial charge in [0.15, 0.2) is 0 Å². The van der Waals surface area contributed by atoms with E-state index in [0.29, 0.717) is 10.5 Å². The van der Waals surface area contributed by atoms with Crippen molar-refractivity contribution in [2.45, 2.75) is 101 Å². The second-order valence-electron chi connectivity index (χ2n) is 9.07. The van der Waals surface area contributed by atoms with Crippen LogP contribution in [0.15, 0.2) is 0 Å². The summed E-state index contributed by atoms with van der Waals surface area (Å²) in [5.41, 5.74) is -0.905. The molecule has 0 aromatic carbocycles. The summed E-state index contributed by atoms with van der Waals surface area (Å²) in [6, 6.07) is 0.455. The molecule has 26 heavy (non-hydrogen) atoms. The number of carbonyl (C=O) groups is 2. The van der Waals surface area contributed by atoms with E-state index in [0.717, 1.165) is 25.7 Å². The predicted octanol–water partition coefficient (Wildman–Crippen LogP) is 4.48. The van der Waals surface area contributed by atoms with E-state index >= 15 is 0 Å². The number of carbonyl (C=O) groups excluding carboxylic acids is 2. The molecule has 0 saturated heterocycles. The van der Waals surface area contributed by atoms with E-state index < -0.39 is 11.2 Å². The highest BCUT2D eigenvalue weighted by molar-refractivity contribution is 8.77. The molecular weight excluding hydrogens is 372 g/mol. The molecule has 2 aliphatic rings. The summed E-state index contributed by atoms with van der Waals surface area (Å²) < 4.78 is 10.5. The van der Waals surface area contributed by atoms with Crippen molar-refractivity contribution >= 4 is 33.8 Å². The van der Waals surface area contributed by atoms with Gasteiger partial charge in [0.25, 0.3) is 0 Å². The third kappa shape index (κ3) is 7.86. The molecule has 0 atom stereocenters. The summed E-state index contributed by atoms with van der Waals surface area (Å²) in [6.45, 7) is 11.2. The molecule has 2 N–H and O–H groups in total. The summed E-state index contributed by atoms with van der Waals surface area (Å²) in [5.74, 6) is 0. The molecule has 0 radical (unpaired) electrons. The Morgan fingerprint density at radius 3 is 1.31 bits per heavy atom. The topological polar surface area (TPSA) is 76.7 Å². The lowest BCUT2D eigenvalue weighted by Crippen LogP contribution is -2.48. The lowest BCUT2D eigenvalue weighted by molar-refractivity contribution is 0.0470. The quantitative estimate of drug-likeness (QED) is 0.658. The lowest BCUT2D eigenvalue weighted by atomic mass is 9.92. The first kappa shape index (κ1) is 21.5. The van der Waals surface area contributed by atoms with Gasteiger partial charge in [-0.3, -0.25) is 0 Å². The molecule has 150 valence electrons. The Kier molecular flexibility index (Phi) is 7.04. The van der Waals surface area contributed by atoms with Crippen molar-refractivity contribution in [1.82, 2.24) is 10.6 Å². The first-order chi connectivity index (χ1) is 11.9. The van der Waals surface area contributed by atoms with E-state index in [4.69, 9.17) is 9.47 Å². The molecular formula is C18H32N2O4S2. The maximum absolute atomic E-state index is 11.7. The molecule has 0 unspecified atom stereocenters. The zero-order valence-electron chi connectivity index (χ0n) is 16.6. The van der Waals surface area contributed by atoms with Crippen molar-refractivity contribution in [3.8, 4) is 0 Å². The fourth-order valence-electron chi connectivity index (χ4n) is 2.63. The van der Waals surface area contributed by atoms with E-state index in [9.17, 15) is 9.59 Å². The van der Waals surface area contributed by atoms with Gasteiger partial charge in [0.1, 0.15) is 11.2 Å². The van der Waals surface area contributed by atoms with Gasteiger partial charge in [-0.15, -0.1) is 0 Å². The van der Waals surface area contributed by atoms with Gasteiger partial charge in [0, 0.05) is 22.6 Å². The maximum atomic E-state index is 11.7. The van der Waals surface area contributed by atoms with Crippen LogP contribution in [0.25, 0.3) is 0 Å². The number of nitrogens with one attached hydrogen (secondary N) is 2. The van der Waals surface area contributed by atoms with Crippen LogP contribution in [-0.2, 0) is 9.47 Å². The van der Waals surface area contributed by atoms with Gasteiger partial charge >= 0.3 is 12.2 Å². The zero-order valence-corrected chi connectivity index (χ0v) is 18.2. The van der Waals surface area contributed by atoms with Crippen molar-refractivity contribution in [1.29, 1.82) is 0 Å². The fourth-order valence-corrected chi connectivity index (χ4v) is 6.07. The van der Waals surface area contributed by atoms with E-state index in [-0.39, 0.29) is 24.3 Å². The van der Waals surface area contributed by atoms with Crippen molar-refractivity contribution in [2.24, 2.45) is 0 Å². The third-order valence-electron chi connectivity index (χ3n) is 3.96. The minimum Gasteiger partial charge on any atom is -0.444 e. The first-order valence-electron chi connectivity index (χ1n) is 9.21. The Labute approximate surface area is 164 Å². The molecule has 8 heteroatoms. The van der Waals surface area contributed by atoms with Gasteiger partial charge in [-0.05, 0) is 67.2 Å². The summed E-state index contributed by atoms with van der Waals surface area (Å²) in [6.07, 6.45) is 3.31. The van der Waals surface area contributed by atoms with Gasteiger partial charge in [0.2, 0.25) is 0 Å². The van der Waals surface area contributed by atoms with E-state index in [2.05, 4.69) is 10.6 Å². The number of alkyl carbamates (subject to hydrolysis) is 2. The normalized spacial score (nSPS) is 28.4. The number of ether oxygens (including phenoxy) is 2. The monoisotopic (exact) mass is 404 g/mol. The second kappa shape index (κ2) is 8.50. The SMILES string of the molecule is CC(C)(C)OC(=O)NC1CC(SSC2CC(NC(=O)OC(C)(C)C)C2)C1. The highest BCUT2D eigenvalue weighted by Gasteiger charge is 2.36. The van der Waals surface area contributed by atoms with E-state index in [1.54, 1.807) is 0 Å². The molecule has 2 saturated carbocycles. The molecule has 0 aliphatic heterocycles. The molecule has 0 aromatic rings. The number of rotatable bonds is 5. The number of hydrogen-bond acceptors (Lipinski definition) is 6. The standard InChI is InChI=1S/C18H32N2O4S2/c1-17(2,3)23-15(21)19-11-7-13(8-11)25-26-14-9-12(10-14)20-16(22)24-18(4,5)6/h11-14H,7-10H2,1-6H3,(H,19,21)(H,20,22). The van der Waals surface area contributed by atoms with Crippen LogP contribution in [0.5, 0.6) is 0 Å². The first-order valence-corrected chi connectivity index (χ1v) is 11.5. The average molecular weight is 405 g/mol. The maximum Gasteiger partial charge on any atom is 0.407 e. The highest BCUT2D eigenvalue weighted by Crippen LogP contribution is 2.46. The Morgan fingerprint density at radius 2 is 1.04 bits per heavy atom. The molecule has 2 amide bonds. The molecule has 0 spiro atoms. The van der Waals surface area contributed by atoms with Gasteiger partial charge in [0.05, 0.1) is 0 Å². The molecule has 2 aliphatic carbocycles. The van der Waals surface area contributed by atoms with E-state index in [1.807, 2.05) is 63.1 Å². The van der Waals surface area contributed by atoms with Gasteiger partial charge in [-0.2, -0.15) is 0 Å². The van der Waals surface area contributed by atoms with Crippen LogP contribution in [0, 0.1) is 0 Å². The number of hydrogen-bond donors (Lipinski definition) is 2. The van der Waals surface area contributed by atoms with Crippen molar-refractivity contribution in [2.75, 3.05) is 0 Å². The van der Waals surface area contributed by atoms with Crippen molar-refractivity contribution < 1.29 is 19.1 Å². The summed E-state index contributed by atoms with van der Waals surface area (Å²) in [4.78, 5) is 23.4. The van der Waals surface area contributed by atoms with Crippen LogP contribution in [0.3, 0.4) is 0 Å². The van der Waals surface area contributed by atoms with Crippen LogP contribution in [0.2, 0.25) is 0 Å². The Balaban J connectivity index is 1.50. The summed E-state index contributed by atoms with van der Waals surface area (Å²) in [5, 5.41) is 7.00. The summed E-state index contributed by atoms with van der Waals surface area (Å²) >= 11 is 0. The van der Waals surface area contributed by atoms with Crippen molar-refractivity contribution in [3.63, 3.8) is 0 Å². The second-order valence-corrected chi connectivity index (χ2v) is 11.9. The molecule has 2 rings (SSSR count). The third-order valence-corrected chi connectivity index (χ3v) is 7.35.